The van der Waals surface area contributed by atoms with Gasteiger partial charge in [0.1, 0.15) is 0 Å². The molecule has 2 aromatic rings. The molecule has 156 valence electrons. The SMILES string of the molecule is COc1c(C(=O)NC2CC3CCC(C2)N3CC2CCCCC2)oc2cccnc12. The number of piperidine rings is 1. The third kappa shape index (κ3) is 3.63. The number of ether oxygens (including phenoxy) is 1. The number of aromatic nitrogens is 1. The van der Waals surface area contributed by atoms with Gasteiger partial charge in [-0.1, -0.05) is 19.3 Å². The lowest BCUT2D eigenvalue weighted by Gasteiger charge is -2.41. The minimum absolute atomic E-state index is 0.190. The van der Waals surface area contributed by atoms with Crippen molar-refractivity contribution in [2.45, 2.75) is 75.9 Å². The van der Waals surface area contributed by atoms with Crippen molar-refractivity contribution in [3.05, 3.63) is 24.1 Å². The number of nitrogens with one attached hydrogen (secondary N) is 1. The summed E-state index contributed by atoms with van der Waals surface area (Å²) in [7, 11) is 1.56. The minimum atomic E-state index is -0.190. The number of hydrogen-bond donors (Lipinski definition) is 1. The molecule has 29 heavy (non-hydrogen) atoms. The van der Waals surface area contributed by atoms with Crippen LogP contribution in [0.4, 0.5) is 0 Å². The van der Waals surface area contributed by atoms with Gasteiger partial charge in [-0.3, -0.25) is 9.69 Å². The van der Waals surface area contributed by atoms with Crippen LogP contribution < -0.4 is 10.1 Å². The highest BCUT2D eigenvalue weighted by molar-refractivity contribution is 6.00. The lowest BCUT2D eigenvalue weighted by Crippen LogP contribution is -2.51. The molecular formula is C23H31N3O3. The van der Waals surface area contributed by atoms with Crippen LogP contribution in [0.5, 0.6) is 5.75 Å². The van der Waals surface area contributed by atoms with Gasteiger partial charge in [0.25, 0.3) is 5.91 Å². The zero-order valence-electron chi connectivity index (χ0n) is 17.2. The number of nitrogens with zero attached hydrogens (tertiary/aromatic N) is 2. The van der Waals surface area contributed by atoms with E-state index in [4.69, 9.17) is 9.15 Å². The van der Waals surface area contributed by atoms with Crippen LogP contribution in [-0.4, -0.2) is 47.6 Å². The summed E-state index contributed by atoms with van der Waals surface area (Å²) < 4.78 is 11.2. The molecule has 1 aliphatic carbocycles. The third-order valence-electron chi connectivity index (χ3n) is 7.23. The Morgan fingerprint density at radius 2 is 1.97 bits per heavy atom. The largest absolute Gasteiger partial charge is 0.491 e. The van der Waals surface area contributed by atoms with Crippen molar-refractivity contribution in [3.63, 3.8) is 0 Å². The maximum Gasteiger partial charge on any atom is 0.291 e. The molecular weight excluding hydrogens is 366 g/mol. The summed E-state index contributed by atoms with van der Waals surface area (Å²) >= 11 is 0. The van der Waals surface area contributed by atoms with Crippen LogP contribution in [0.1, 0.15) is 68.3 Å². The standard InChI is InChI=1S/C23H31N3O3/c1-28-21-20-19(8-5-11-24-20)29-22(21)23(27)25-16-12-17-9-10-18(13-16)26(17)14-15-6-3-2-4-7-15/h5,8,11,15-18H,2-4,6-7,9-10,12-14H2,1H3,(H,25,27). The Kier molecular flexibility index (Phi) is 5.20. The van der Waals surface area contributed by atoms with E-state index in [2.05, 4.69) is 15.2 Å². The third-order valence-corrected chi connectivity index (χ3v) is 7.23. The molecule has 6 heteroatoms. The van der Waals surface area contributed by atoms with Crippen LogP contribution in [0.2, 0.25) is 0 Å². The molecule has 2 saturated heterocycles. The second kappa shape index (κ2) is 7.98. The van der Waals surface area contributed by atoms with E-state index in [1.807, 2.05) is 6.07 Å². The van der Waals surface area contributed by atoms with E-state index in [1.54, 1.807) is 19.4 Å². The molecule has 1 N–H and O–H groups in total. The Morgan fingerprint density at radius 1 is 1.21 bits per heavy atom. The second-order valence-corrected chi connectivity index (χ2v) is 9.04. The van der Waals surface area contributed by atoms with Gasteiger partial charge in [-0.05, 0) is 56.6 Å². The highest BCUT2D eigenvalue weighted by atomic mass is 16.5. The molecule has 0 aromatic carbocycles. The van der Waals surface area contributed by atoms with E-state index in [9.17, 15) is 4.79 Å². The summed E-state index contributed by atoms with van der Waals surface area (Å²) in [4.78, 5) is 20.0. The summed E-state index contributed by atoms with van der Waals surface area (Å²) in [6, 6.07) is 5.03. The zero-order chi connectivity index (χ0) is 19.8. The zero-order valence-corrected chi connectivity index (χ0v) is 17.2. The molecule has 0 spiro atoms. The maximum atomic E-state index is 13.0. The molecule has 3 fully saturated rings. The van der Waals surface area contributed by atoms with Crippen LogP contribution in [0.3, 0.4) is 0 Å². The summed E-state index contributed by atoms with van der Waals surface area (Å²) in [5.74, 6) is 1.35. The molecule has 3 aliphatic rings. The highest BCUT2D eigenvalue weighted by Gasteiger charge is 2.42. The van der Waals surface area contributed by atoms with Gasteiger partial charge in [-0.25, -0.2) is 4.98 Å². The molecule has 1 amide bonds. The van der Waals surface area contributed by atoms with Gasteiger partial charge in [-0.15, -0.1) is 0 Å². The van der Waals surface area contributed by atoms with Crippen molar-refractivity contribution in [2.24, 2.45) is 5.92 Å². The number of furan rings is 1. The number of rotatable bonds is 5. The van der Waals surface area contributed by atoms with E-state index < -0.39 is 0 Å². The summed E-state index contributed by atoms with van der Waals surface area (Å²) in [5.41, 5.74) is 1.18. The fourth-order valence-electron chi connectivity index (χ4n) is 5.86. The minimum Gasteiger partial charge on any atom is -0.491 e. The van der Waals surface area contributed by atoms with Gasteiger partial charge < -0.3 is 14.5 Å². The Balaban J connectivity index is 1.25. The van der Waals surface area contributed by atoms with Crippen molar-refractivity contribution in [2.75, 3.05) is 13.7 Å². The number of hydrogen-bond acceptors (Lipinski definition) is 5. The first kappa shape index (κ1) is 18.9. The van der Waals surface area contributed by atoms with Gasteiger partial charge in [-0.2, -0.15) is 0 Å². The fraction of sp³-hybridized carbons (Fsp3) is 0.652. The monoisotopic (exact) mass is 397 g/mol. The van der Waals surface area contributed by atoms with Crippen LogP contribution >= 0.6 is 0 Å². The topological polar surface area (TPSA) is 67.6 Å². The fourth-order valence-corrected chi connectivity index (χ4v) is 5.86. The summed E-state index contributed by atoms with van der Waals surface area (Å²) in [5, 5.41) is 3.23. The maximum absolute atomic E-state index is 13.0. The number of methoxy groups -OCH3 is 1. The van der Waals surface area contributed by atoms with Crippen molar-refractivity contribution in [3.8, 4) is 5.75 Å². The Bertz CT molecular complexity index is 859. The first-order chi connectivity index (χ1) is 14.2. The molecule has 5 rings (SSSR count). The van der Waals surface area contributed by atoms with Gasteiger partial charge in [0, 0.05) is 30.9 Å². The number of carbonyl (C=O) groups is 1. The molecule has 1 saturated carbocycles. The lowest BCUT2D eigenvalue weighted by molar-refractivity contribution is 0.0743. The summed E-state index contributed by atoms with van der Waals surface area (Å²) in [6.45, 7) is 1.26. The van der Waals surface area contributed by atoms with Gasteiger partial charge in [0.2, 0.25) is 5.76 Å². The number of amides is 1. The van der Waals surface area contributed by atoms with Crippen LogP contribution in [0.15, 0.2) is 22.7 Å². The van der Waals surface area contributed by atoms with Crippen LogP contribution in [-0.2, 0) is 0 Å². The number of pyridine rings is 1. The van der Waals surface area contributed by atoms with Crippen molar-refractivity contribution in [1.82, 2.24) is 15.2 Å². The van der Waals surface area contributed by atoms with Crippen molar-refractivity contribution >= 4 is 17.0 Å². The van der Waals surface area contributed by atoms with Crippen molar-refractivity contribution in [1.29, 1.82) is 0 Å². The quantitative estimate of drug-likeness (QED) is 0.821. The molecule has 2 aromatic heterocycles. The molecule has 6 nitrogen and oxygen atoms in total. The molecule has 2 aliphatic heterocycles. The molecule has 2 bridgehead atoms. The molecule has 2 unspecified atom stereocenters. The van der Waals surface area contributed by atoms with E-state index in [1.165, 1.54) is 51.5 Å². The first-order valence-electron chi connectivity index (χ1n) is 11.2. The molecule has 0 radical (unpaired) electrons. The number of fused-ring (bicyclic) bond motifs is 3. The highest BCUT2D eigenvalue weighted by Crippen LogP contribution is 2.38. The molecule has 2 atom stereocenters. The Morgan fingerprint density at radius 3 is 2.69 bits per heavy atom. The lowest BCUT2D eigenvalue weighted by atomic mass is 9.87. The Labute approximate surface area is 172 Å². The van der Waals surface area contributed by atoms with Gasteiger partial charge >= 0.3 is 0 Å². The van der Waals surface area contributed by atoms with E-state index in [0.29, 0.717) is 28.9 Å². The average Bonchev–Trinajstić information content (AvgIpc) is 3.22. The predicted octanol–water partition coefficient (Wildman–Crippen LogP) is 4.14. The van der Waals surface area contributed by atoms with E-state index in [-0.39, 0.29) is 17.7 Å². The first-order valence-corrected chi connectivity index (χ1v) is 11.2. The second-order valence-electron chi connectivity index (χ2n) is 9.04. The average molecular weight is 398 g/mol. The van der Waals surface area contributed by atoms with Gasteiger partial charge in [0.05, 0.1) is 7.11 Å². The van der Waals surface area contributed by atoms with E-state index in [0.717, 1.165) is 18.8 Å². The summed E-state index contributed by atoms with van der Waals surface area (Å²) in [6.07, 6.45) is 13.3. The van der Waals surface area contributed by atoms with E-state index >= 15 is 0 Å². The van der Waals surface area contributed by atoms with Crippen LogP contribution in [0.25, 0.3) is 11.1 Å². The normalized spacial score (nSPS) is 28.0. The predicted molar refractivity (Wildman–Crippen MR) is 111 cm³/mol. The Hall–Kier alpha value is -2.08. The van der Waals surface area contributed by atoms with Gasteiger partial charge in [0.15, 0.2) is 16.8 Å². The van der Waals surface area contributed by atoms with Crippen LogP contribution in [0, 0.1) is 5.92 Å². The number of carbonyl (C=O) groups excluding carboxylic acids is 1. The smallest absolute Gasteiger partial charge is 0.291 e. The van der Waals surface area contributed by atoms with Crippen molar-refractivity contribution < 1.29 is 13.9 Å². The molecule has 4 heterocycles.